The molecule has 5 heteroatoms. The topological polar surface area (TPSA) is 72.8 Å². The smallest absolute Gasteiger partial charge is 0.417 e. The molecule has 0 bridgehead atoms. The summed E-state index contributed by atoms with van der Waals surface area (Å²) >= 11 is 0. The summed E-state index contributed by atoms with van der Waals surface area (Å²) in [6.45, 7) is 0.501. The number of hydrogen-bond donors (Lipinski definition) is 1. The molecule has 1 N–H and O–H groups in total. The minimum atomic E-state index is -0.955. The van der Waals surface area contributed by atoms with E-state index >= 15 is 0 Å². The van der Waals surface area contributed by atoms with Gasteiger partial charge in [-0.1, -0.05) is 0 Å². The number of esters is 2. The number of aliphatic hydroxyl groups is 1. The van der Waals surface area contributed by atoms with Crippen LogP contribution in [0, 0.1) is 11.8 Å². The van der Waals surface area contributed by atoms with E-state index in [0.717, 1.165) is 32.8 Å². The van der Waals surface area contributed by atoms with Crippen LogP contribution in [0.2, 0.25) is 0 Å². The van der Waals surface area contributed by atoms with Crippen LogP contribution >= 0.6 is 0 Å². The largest absolute Gasteiger partial charge is 0.461 e. The Morgan fingerprint density at radius 3 is 2.19 bits per heavy atom. The predicted octanol–water partition coefficient (Wildman–Crippen LogP) is 0.501. The molecular weight excluding hydrogens is 212 g/mol. The highest BCUT2D eigenvalue weighted by molar-refractivity contribution is 6.29. The predicted molar refractivity (Wildman–Crippen MR) is 55.5 cm³/mol. The van der Waals surface area contributed by atoms with E-state index in [2.05, 4.69) is 4.74 Å². The van der Waals surface area contributed by atoms with Gasteiger partial charge in [0.1, 0.15) is 0 Å². The van der Waals surface area contributed by atoms with Gasteiger partial charge in [0.05, 0.1) is 13.7 Å². The van der Waals surface area contributed by atoms with Gasteiger partial charge in [-0.25, -0.2) is 9.59 Å². The van der Waals surface area contributed by atoms with Crippen molar-refractivity contribution in [2.24, 2.45) is 11.8 Å². The van der Waals surface area contributed by atoms with Crippen LogP contribution in [0.5, 0.6) is 0 Å². The summed E-state index contributed by atoms with van der Waals surface area (Å²) in [5, 5.41) is 8.95. The Bertz CT molecular complexity index is 243. The van der Waals surface area contributed by atoms with Crippen molar-refractivity contribution in [1.29, 1.82) is 0 Å². The average Bonchev–Trinajstić information content (AvgIpc) is 2.35. The summed E-state index contributed by atoms with van der Waals surface area (Å²) < 4.78 is 9.07. The zero-order valence-electron chi connectivity index (χ0n) is 9.48. The Morgan fingerprint density at radius 1 is 1.12 bits per heavy atom. The average molecular weight is 230 g/mol. The number of hydrogen-bond acceptors (Lipinski definition) is 5. The second-order valence-corrected chi connectivity index (χ2v) is 4.16. The summed E-state index contributed by atoms with van der Waals surface area (Å²) in [4.78, 5) is 21.8. The number of carbonyl (C=O) groups is 2. The fraction of sp³-hybridized carbons (Fsp3) is 0.818. The third kappa shape index (κ3) is 3.81. The van der Waals surface area contributed by atoms with Gasteiger partial charge in [0, 0.05) is 6.61 Å². The molecule has 0 heterocycles. The third-order valence-corrected chi connectivity index (χ3v) is 3.03. The lowest BCUT2D eigenvalue weighted by molar-refractivity contribution is -0.166. The fourth-order valence-electron chi connectivity index (χ4n) is 1.92. The maximum atomic E-state index is 11.0. The number of ether oxygens (including phenoxy) is 2. The van der Waals surface area contributed by atoms with E-state index in [-0.39, 0.29) is 13.2 Å². The summed E-state index contributed by atoms with van der Waals surface area (Å²) in [6, 6.07) is 0. The lowest BCUT2D eigenvalue weighted by Gasteiger charge is -2.26. The molecule has 5 nitrogen and oxygen atoms in total. The molecule has 0 aromatic heterocycles. The first-order valence-electron chi connectivity index (χ1n) is 5.53. The molecule has 0 unspecified atom stereocenters. The normalized spacial score (nSPS) is 24.9. The molecule has 0 saturated heterocycles. The second-order valence-electron chi connectivity index (χ2n) is 4.16. The van der Waals surface area contributed by atoms with Gasteiger partial charge in [0.2, 0.25) is 0 Å². The van der Waals surface area contributed by atoms with Gasteiger partial charge in [-0.05, 0) is 37.5 Å². The van der Waals surface area contributed by atoms with Crippen molar-refractivity contribution in [3.8, 4) is 0 Å². The first-order chi connectivity index (χ1) is 7.67. The van der Waals surface area contributed by atoms with Crippen molar-refractivity contribution in [2.75, 3.05) is 20.3 Å². The highest BCUT2D eigenvalue weighted by atomic mass is 16.6. The Morgan fingerprint density at radius 2 is 1.69 bits per heavy atom. The molecule has 0 aromatic rings. The van der Waals surface area contributed by atoms with E-state index in [9.17, 15) is 9.59 Å². The van der Waals surface area contributed by atoms with Crippen molar-refractivity contribution < 1.29 is 24.2 Å². The van der Waals surface area contributed by atoms with Crippen molar-refractivity contribution in [3.05, 3.63) is 0 Å². The highest BCUT2D eigenvalue weighted by Crippen LogP contribution is 2.28. The van der Waals surface area contributed by atoms with Gasteiger partial charge in [-0.15, -0.1) is 0 Å². The maximum absolute atomic E-state index is 11.0. The SMILES string of the molecule is COC(=O)C(=O)OCC1CCC(CO)CC1. The van der Waals surface area contributed by atoms with Crippen molar-refractivity contribution in [1.82, 2.24) is 0 Å². The molecule has 1 aliphatic rings. The summed E-state index contributed by atoms with van der Waals surface area (Å²) in [6.07, 6.45) is 3.77. The van der Waals surface area contributed by atoms with E-state index in [1.54, 1.807) is 0 Å². The van der Waals surface area contributed by atoms with Crippen molar-refractivity contribution >= 4 is 11.9 Å². The first-order valence-corrected chi connectivity index (χ1v) is 5.53. The molecule has 0 spiro atoms. The van der Waals surface area contributed by atoms with Crippen LogP contribution in [0.1, 0.15) is 25.7 Å². The molecule has 1 fully saturated rings. The van der Waals surface area contributed by atoms with Crippen LogP contribution in [-0.4, -0.2) is 37.4 Å². The van der Waals surface area contributed by atoms with Gasteiger partial charge in [-0.3, -0.25) is 0 Å². The zero-order valence-corrected chi connectivity index (χ0v) is 9.48. The van der Waals surface area contributed by atoms with Crippen LogP contribution in [0.25, 0.3) is 0 Å². The van der Waals surface area contributed by atoms with Gasteiger partial charge in [-0.2, -0.15) is 0 Å². The van der Waals surface area contributed by atoms with E-state index in [1.807, 2.05) is 0 Å². The lowest BCUT2D eigenvalue weighted by Crippen LogP contribution is -2.25. The Kier molecular flexibility index (Phi) is 5.25. The van der Waals surface area contributed by atoms with Crippen LogP contribution in [0.3, 0.4) is 0 Å². The summed E-state index contributed by atoms with van der Waals surface area (Å²) in [5.41, 5.74) is 0. The van der Waals surface area contributed by atoms with E-state index in [4.69, 9.17) is 9.84 Å². The molecule has 92 valence electrons. The number of methoxy groups -OCH3 is 1. The highest BCUT2D eigenvalue weighted by Gasteiger charge is 2.23. The molecule has 0 aliphatic heterocycles. The zero-order chi connectivity index (χ0) is 12.0. The van der Waals surface area contributed by atoms with E-state index in [1.165, 1.54) is 0 Å². The van der Waals surface area contributed by atoms with Gasteiger partial charge >= 0.3 is 11.9 Å². The third-order valence-electron chi connectivity index (χ3n) is 3.03. The molecule has 16 heavy (non-hydrogen) atoms. The number of aliphatic hydroxyl groups excluding tert-OH is 1. The van der Waals surface area contributed by atoms with Gasteiger partial charge in [0.25, 0.3) is 0 Å². The molecule has 1 rings (SSSR count). The fourth-order valence-corrected chi connectivity index (χ4v) is 1.92. The minimum Gasteiger partial charge on any atom is -0.461 e. The monoisotopic (exact) mass is 230 g/mol. The minimum absolute atomic E-state index is 0.231. The van der Waals surface area contributed by atoms with E-state index in [0.29, 0.717) is 11.8 Å². The molecule has 1 aliphatic carbocycles. The Balaban J connectivity index is 2.19. The second kappa shape index (κ2) is 6.48. The lowest BCUT2D eigenvalue weighted by atomic mass is 9.83. The molecule has 0 aromatic carbocycles. The van der Waals surface area contributed by atoms with Crippen LogP contribution in [-0.2, 0) is 19.1 Å². The van der Waals surface area contributed by atoms with Crippen LogP contribution in [0.15, 0.2) is 0 Å². The summed E-state index contributed by atoms with van der Waals surface area (Å²) in [7, 11) is 1.15. The molecule has 1 saturated carbocycles. The number of rotatable bonds is 3. The molecular formula is C11H18O5. The molecule has 0 amide bonds. The Hall–Kier alpha value is -1.10. The summed E-state index contributed by atoms with van der Waals surface area (Å²) in [5.74, 6) is -1.19. The Labute approximate surface area is 94.7 Å². The number of carbonyl (C=O) groups excluding carboxylic acids is 2. The van der Waals surface area contributed by atoms with E-state index < -0.39 is 11.9 Å². The molecule has 0 radical (unpaired) electrons. The maximum Gasteiger partial charge on any atom is 0.417 e. The first kappa shape index (κ1) is 13.0. The van der Waals surface area contributed by atoms with Gasteiger partial charge < -0.3 is 14.6 Å². The van der Waals surface area contributed by atoms with Crippen molar-refractivity contribution in [3.63, 3.8) is 0 Å². The van der Waals surface area contributed by atoms with Crippen molar-refractivity contribution in [2.45, 2.75) is 25.7 Å². The van der Waals surface area contributed by atoms with Crippen LogP contribution in [0.4, 0.5) is 0 Å². The van der Waals surface area contributed by atoms with Gasteiger partial charge in [0.15, 0.2) is 0 Å². The standard InChI is InChI=1S/C11H18O5/c1-15-10(13)11(14)16-7-9-4-2-8(6-12)3-5-9/h8-9,12H,2-7H2,1H3. The van der Waals surface area contributed by atoms with Crippen LogP contribution < -0.4 is 0 Å². The molecule has 0 atom stereocenters. The quantitative estimate of drug-likeness (QED) is 0.564.